The summed E-state index contributed by atoms with van der Waals surface area (Å²) in [4.78, 5) is 4.88. The molecule has 3 aromatic heterocycles. The number of para-hydroxylation sites is 1. The number of aryl methyl sites for hydroxylation is 1. The van der Waals surface area contributed by atoms with Crippen molar-refractivity contribution in [1.82, 2.24) is 19.3 Å². The fourth-order valence-electron chi connectivity index (χ4n) is 8.25. The third kappa shape index (κ3) is 6.48. The lowest BCUT2D eigenvalue weighted by Gasteiger charge is -2.32. The van der Waals surface area contributed by atoms with Crippen LogP contribution in [0.5, 0.6) is 11.5 Å². The SMILES string of the molecule is CC1=CCC[C@H](C)[C@H]1c1c(C)nn(-c2cc(Oc3ccc4c5ccccc5n(-c5cc(C(C)(C)C)ccn5)c4c3)cc(C(C)(C)C)c2)c1C(C)(C)C. The Morgan fingerprint density at radius 1 is 0.712 bits per heavy atom. The van der Waals surface area contributed by atoms with Crippen molar-refractivity contribution < 1.29 is 4.74 Å². The van der Waals surface area contributed by atoms with Crippen LogP contribution in [0.25, 0.3) is 33.3 Å². The van der Waals surface area contributed by atoms with Crippen molar-refractivity contribution in [2.45, 2.75) is 118 Å². The van der Waals surface area contributed by atoms with Crippen molar-refractivity contribution in [3.05, 3.63) is 119 Å². The van der Waals surface area contributed by atoms with Crippen LogP contribution in [0.15, 0.2) is 90.6 Å². The van der Waals surface area contributed by atoms with Gasteiger partial charge in [-0.1, -0.05) is 99.1 Å². The van der Waals surface area contributed by atoms with E-state index in [0.717, 1.165) is 46.2 Å². The zero-order valence-electron chi connectivity index (χ0n) is 33.3. The molecule has 2 atom stereocenters. The molecule has 0 fully saturated rings. The van der Waals surface area contributed by atoms with Crippen LogP contribution < -0.4 is 4.74 Å². The van der Waals surface area contributed by atoms with E-state index in [-0.39, 0.29) is 16.2 Å². The Balaban J connectivity index is 1.38. The van der Waals surface area contributed by atoms with Gasteiger partial charge < -0.3 is 4.74 Å². The smallest absolute Gasteiger partial charge is 0.137 e. The van der Waals surface area contributed by atoms with Crippen LogP contribution in [0.2, 0.25) is 0 Å². The van der Waals surface area contributed by atoms with Gasteiger partial charge in [0.2, 0.25) is 0 Å². The highest BCUT2D eigenvalue weighted by Gasteiger charge is 2.35. The van der Waals surface area contributed by atoms with Gasteiger partial charge in [0.05, 0.1) is 28.1 Å². The summed E-state index contributed by atoms with van der Waals surface area (Å²) in [5.41, 5.74) is 10.7. The zero-order valence-corrected chi connectivity index (χ0v) is 33.3. The van der Waals surface area contributed by atoms with Crippen LogP contribution in [0.3, 0.4) is 0 Å². The minimum absolute atomic E-state index is 0.00537. The Labute approximate surface area is 310 Å². The Bertz CT molecular complexity index is 2330. The summed E-state index contributed by atoms with van der Waals surface area (Å²) < 4.78 is 11.4. The molecule has 0 bridgehead atoms. The number of allylic oxidation sites excluding steroid dienone is 2. The number of benzene rings is 3. The van der Waals surface area contributed by atoms with Gasteiger partial charge in [0.25, 0.3) is 0 Å². The quantitative estimate of drug-likeness (QED) is 0.169. The minimum Gasteiger partial charge on any atom is -0.457 e. The molecule has 3 aromatic carbocycles. The molecule has 0 spiro atoms. The second-order valence-electron chi connectivity index (χ2n) is 18.2. The Morgan fingerprint density at radius 2 is 1.42 bits per heavy atom. The lowest BCUT2D eigenvalue weighted by Crippen LogP contribution is -2.24. The second kappa shape index (κ2) is 12.8. The highest BCUT2D eigenvalue weighted by Crippen LogP contribution is 2.45. The van der Waals surface area contributed by atoms with E-state index in [2.05, 4.69) is 171 Å². The number of fused-ring (bicyclic) bond motifs is 3. The van der Waals surface area contributed by atoms with Crippen molar-refractivity contribution >= 4 is 21.8 Å². The van der Waals surface area contributed by atoms with Crippen LogP contribution in [0, 0.1) is 12.8 Å². The molecule has 0 aliphatic heterocycles. The van der Waals surface area contributed by atoms with Crippen LogP contribution in [0.1, 0.15) is 123 Å². The van der Waals surface area contributed by atoms with Gasteiger partial charge in [-0.2, -0.15) is 5.10 Å². The Hall–Kier alpha value is -4.64. The number of ether oxygens (including phenoxy) is 1. The van der Waals surface area contributed by atoms with E-state index in [0.29, 0.717) is 11.8 Å². The Kier molecular flexibility index (Phi) is 8.79. The minimum atomic E-state index is -0.121. The maximum absolute atomic E-state index is 6.88. The highest BCUT2D eigenvalue weighted by molar-refractivity contribution is 6.09. The van der Waals surface area contributed by atoms with Crippen molar-refractivity contribution in [2.24, 2.45) is 5.92 Å². The first-order valence-electron chi connectivity index (χ1n) is 19.0. The van der Waals surface area contributed by atoms with Gasteiger partial charge >= 0.3 is 0 Å². The molecule has 270 valence electrons. The number of nitrogens with zero attached hydrogens (tertiary/aromatic N) is 4. The summed E-state index contributed by atoms with van der Waals surface area (Å²) in [6, 6.07) is 26.0. The van der Waals surface area contributed by atoms with Crippen LogP contribution in [-0.4, -0.2) is 19.3 Å². The van der Waals surface area contributed by atoms with Crippen molar-refractivity contribution in [2.75, 3.05) is 0 Å². The summed E-state index contributed by atoms with van der Waals surface area (Å²) in [6.07, 6.45) is 6.72. The molecule has 1 aliphatic rings. The number of pyridine rings is 1. The fraction of sp³-hybridized carbons (Fsp3) is 0.404. The van der Waals surface area contributed by atoms with E-state index in [1.165, 1.54) is 45.2 Å². The normalized spacial score (nSPS) is 17.2. The molecule has 0 radical (unpaired) electrons. The lowest BCUT2D eigenvalue weighted by molar-refractivity contribution is 0.437. The first-order valence-corrected chi connectivity index (χ1v) is 19.0. The first kappa shape index (κ1) is 35.7. The van der Waals surface area contributed by atoms with Crippen molar-refractivity contribution in [3.8, 4) is 23.0 Å². The number of aromatic nitrogens is 4. The maximum atomic E-state index is 6.88. The molecule has 0 amide bonds. The largest absolute Gasteiger partial charge is 0.457 e. The molecule has 0 unspecified atom stereocenters. The third-order valence-electron chi connectivity index (χ3n) is 11.0. The van der Waals surface area contributed by atoms with E-state index in [1.807, 2.05) is 6.20 Å². The molecule has 5 nitrogen and oxygen atoms in total. The summed E-state index contributed by atoms with van der Waals surface area (Å²) >= 11 is 0. The molecule has 3 heterocycles. The molecule has 0 saturated heterocycles. The van der Waals surface area contributed by atoms with Gasteiger partial charge in [-0.25, -0.2) is 9.67 Å². The van der Waals surface area contributed by atoms with Crippen LogP contribution in [0.4, 0.5) is 0 Å². The van der Waals surface area contributed by atoms with E-state index >= 15 is 0 Å². The topological polar surface area (TPSA) is 44.9 Å². The van der Waals surface area contributed by atoms with Crippen LogP contribution in [-0.2, 0) is 16.2 Å². The third-order valence-corrected chi connectivity index (χ3v) is 11.0. The van der Waals surface area contributed by atoms with Crippen molar-refractivity contribution in [3.63, 3.8) is 0 Å². The summed E-state index contributed by atoms with van der Waals surface area (Å²) in [5.74, 6) is 3.43. The van der Waals surface area contributed by atoms with E-state index in [1.54, 1.807) is 0 Å². The number of hydrogen-bond donors (Lipinski definition) is 0. The summed E-state index contributed by atoms with van der Waals surface area (Å²) in [7, 11) is 0. The summed E-state index contributed by atoms with van der Waals surface area (Å²) in [6.45, 7) is 27.4. The van der Waals surface area contributed by atoms with Gasteiger partial charge in [0.1, 0.15) is 17.3 Å². The van der Waals surface area contributed by atoms with Gasteiger partial charge in [-0.05, 0) is 97.0 Å². The van der Waals surface area contributed by atoms with Crippen molar-refractivity contribution in [1.29, 1.82) is 0 Å². The highest BCUT2D eigenvalue weighted by atomic mass is 16.5. The lowest BCUT2D eigenvalue weighted by atomic mass is 9.72. The average Bonchev–Trinajstić information content (AvgIpc) is 3.58. The zero-order chi connectivity index (χ0) is 37.3. The molecular formula is C47H56N4O. The van der Waals surface area contributed by atoms with E-state index in [4.69, 9.17) is 14.8 Å². The monoisotopic (exact) mass is 692 g/mol. The molecule has 5 heteroatoms. The molecule has 0 N–H and O–H groups in total. The standard InChI is InChI=1S/C47H56N4O/c1-29-16-15-17-30(2)42(29)43-31(3)49-51(44(43)47(10,11)12)34-24-33(46(7,8)9)25-36(27-34)52-35-20-21-38-37-18-13-14-19-39(37)50(40(38)28-35)41-26-32(22-23-48-41)45(4,5)6/h13-14,16,18-28,30,42H,15,17H2,1-12H3/t30-,42-/m0/s1. The van der Waals surface area contributed by atoms with Gasteiger partial charge in [-0.15, -0.1) is 0 Å². The number of rotatable bonds is 5. The number of hydrogen-bond acceptors (Lipinski definition) is 3. The predicted molar refractivity (Wildman–Crippen MR) is 218 cm³/mol. The second-order valence-corrected chi connectivity index (χ2v) is 18.2. The first-order chi connectivity index (χ1) is 24.4. The predicted octanol–water partition coefficient (Wildman–Crippen LogP) is 12.8. The van der Waals surface area contributed by atoms with Gasteiger partial charge in [0.15, 0.2) is 0 Å². The van der Waals surface area contributed by atoms with E-state index in [9.17, 15) is 0 Å². The molecule has 52 heavy (non-hydrogen) atoms. The van der Waals surface area contributed by atoms with Gasteiger partial charge in [0, 0.05) is 46.0 Å². The van der Waals surface area contributed by atoms with Gasteiger partial charge in [-0.3, -0.25) is 4.57 Å². The molecule has 1 aliphatic carbocycles. The van der Waals surface area contributed by atoms with E-state index < -0.39 is 0 Å². The fourth-order valence-corrected chi connectivity index (χ4v) is 8.25. The summed E-state index contributed by atoms with van der Waals surface area (Å²) in [5, 5.41) is 7.69. The molecule has 0 saturated carbocycles. The average molecular weight is 693 g/mol. The maximum Gasteiger partial charge on any atom is 0.137 e. The molecule has 6 aromatic rings. The molecule has 7 rings (SSSR count). The van der Waals surface area contributed by atoms with Crippen LogP contribution >= 0.6 is 0 Å². The molecular weight excluding hydrogens is 637 g/mol. The Morgan fingerprint density at radius 3 is 2.12 bits per heavy atom.